The Labute approximate surface area is 81.3 Å². The molecule has 2 atom stereocenters. The zero-order valence-electron chi connectivity index (χ0n) is 6.61. The second-order valence-electron chi connectivity index (χ2n) is 2.44. The third-order valence-electron chi connectivity index (χ3n) is 1.57. The van der Waals surface area contributed by atoms with Crippen LogP contribution in [0.2, 0.25) is 0 Å². The van der Waals surface area contributed by atoms with Crippen molar-refractivity contribution < 1.29 is 5.11 Å². The van der Waals surface area contributed by atoms with Crippen LogP contribution in [-0.4, -0.2) is 27.9 Å². The number of aliphatic hydroxyl groups excluding tert-OH is 1. The summed E-state index contributed by atoms with van der Waals surface area (Å²) in [7, 11) is 0. The van der Waals surface area contributed by atoms with E-state index in [0.29, 0.717) is 11.6 Å². The second kappa shape index (κ2) is 4.12. The lowest BCUT2D eigenvalue weighted by molar-refractivity contribution is 0.0371. The van der Waals surface area contributed by atoms with E-state index in [1.54, 1.807) is 4.90 Å². The molecule has 12 heavy (non-hydrogen) atoms. The average Bonchev–Trinajstić information content (AvgIpc) is 2.08. The molecule has 5 heteroatoms. The molecule has 1 rings (SSSR count). The minimum Gasteiger partial charge on any atom is -0.374 e. The molecular formula is C7H10Cl2N2O. The first-order valence-corrected chi connectivity index (χ1v) is 4.47. The summed E-state index contributed by atoms with van der Waals surface area (Å²) in [5, 5.41) is 9.78. The summed E-state index contributed by atoms with van der Waals surface area (Å²) in [4.78, 5) is 5.35. The van der Waals surface area contributed by atoms with Crippen LogP contribution in [0.4, 0.5) is 0 Å². The molecule has 0 radical (unpaired) electrons. The van der Waals surface area contributed by atoms with Crippen LogP contribution in [0, 0.1) is 0 Å². The maximum Gasteiger partial charge on any atom is 0.144 e. The maximum atomic E-state index is 9.45. The molecule has 1 heterocycles. The maximum absolute atomic E-state index is 9.45. The Morgan fingerprint density at radius 2 is 2.50 bits per heavy atom. The van der Waals surface area contributed by atoms with E-state index in [4.69, 9.17) is 23.2 Å². The molecule has 0 spiro atoms. The van der Waals surface area contributed by atoms with Gasteiger partial charge in [-0.05, 0) is 6.42 Å². The summed E-state index contributed by atoms with van der Waals surface area (Å²) in [6.07, 6.45) is 3.02. The Balaban J connectivity index is 2.70. The monoisotopic (exact) mass is 208 g/mol. The fraction of sp³-hybridized carbons (Fsp3) is 0.571. The van der Waals surface area contributed by atoms with E-state index in [0.717, 1.165) is 0 Å². The van der Waals surface area contributed by atoms with E-state index in [1.807, 2.05) is 6.92 Å². The molecule has 0 aliphatic carbocycles. The van der Waals surface area contributed by atoms with Gasteiger partial charge in [0.15, 0.2) is 0 Å². The normalized spacial score (nSPS) is 25.5. The van der Waals surface area contributed by atoms with Gasteiger partial charge in [-0.3, -0.25) is 0 Å². The molecule has 0 aromatic carbocycles. The number of hydrogen-bond donors (Lipinski definition) is 1. The molecule has 1 aliphatic rings. The SMILES string of the molecule is CCC(O)N1C=C(Cl)N=CC1Cl. The van der Waals surface area contributed by atoms with E-state index in [-0.39, 0.29) is 0 Å². The van der Waals surface area contributed by atoms with Gasteiger partial charge < -0.3 is 10.0 Å². The van der Waals surface area contributed by atoms with Crippen LogP contribution in [0.5, 0.6) is 0 Å². The minimum atomic E-state index is -0.604. The summed E-state index contributed by atoms with van der Waals surface area (Å²) in [6.45, 7) is 1.86. The molecule has 0 saturated carbocycles. The number of aliphatic imine (C=N–C) groups is 1. The smallest absolute Gasteiger partial charge is 0.144 e. The molecule has 3 nitrogen and oxygen atoms in total. The van der Waals surface area contributed by atoms with Crippen LogP contribution in [0.25, 0.3) is 0 Å². The highest BCUT2D eigenvalue weighted by atomic mass is 35.5. The van der Waals surface area contributed by atoms with Crippen LogP contribution in [-0.2, 0) is 0 Å². The first kappa shape index (κ1) is 9.84. The first-order valence-electron chi connectivity index (χ1n) is 3.66. The van der Waals surface area contributed by atoms with Crippen LogP contribution >= 0.6 is 23.2 Å². The van der Waals surface area contributed by atoms with Crippen molar-refractivity contribution in [2.45, 2.75) is 25.1 Å². The van der Waals surface area contributed by atoms with Crippen molar-refractivity contribution in [1.82, 2.24) is 4.90 Å². The molecule has 0 saturated heterocycles. The largest absolute Gasteiger partial charge is 0.374 e. The van der Waals surface area contributed by atoms with Crippen LogP contribution in [0.1, 0.15) is 13.3 Å². The average molecular weight is 209 g/mol. The Morgan fingerprint density at radius 3 is 3.08 bits per heavy atom. The topological polar surface area (TPSA) is 35.8 Å². The van der Waals surface area contributed by atoms with E-state index in [1.165, 1.54) is 12.4 Å². The van der Waals surface area contributed by atoms with Crippen LogP contribution in [0.15, 0.2) is 16.3 Å². The van der Waals surface area contributed by atoms with Crippen LogP contribution < -0.4 is 0 Å². The number of hydrogen-bond acceptors (Lipinski definition) is 3. The Morgan fingerprint density at radius 1 is 1.83 bits per heavy atom. The van der Waals surface area contributed by atoms with E-state index >= 15 is 0 Å². The van der Waals surface area contributed by atoms with E-state index < -0.39 is 11.7 Å². The predicted molar refractivity (Wildman–Crippen MR) is 50.2 cm³/mol. The van der Waals surface area contributed by atoms with Gasteiger partial charge in [0.1, 0.15) is 16.9 Å². The molecule has 1 aliphatic heterocycles. The summed E-state index contributed by atoms with van der Waals surface area (Å²) in [5.41, 5.74) is -0.414. The molecule has 68 valence electrons. The second-order valence-corrected chi connectivity index (χ2v) is 3.27. The van der Waals surface area contributed by atoms with Crippen molar-refractivity contribution in [2.75, 3.05) is 0 Å². The summed E-state index contributed by atoms with van der Waals surface area (Å²) in [5.74, 6) is 0. The highest BCUT2D eigenvalue weighted by Gasteiger charge is 2.20. The van der Waals surface area contributed by atoms with Gasteiger partial charge >= 0.3 is 0 Å². The third-order valence-corrected chi connectivity index (χ3v) is 2.10. The fourth-order valence-electron chi connectivity index (χ4n) is 0.898. The molecule has 1 N–H and O–H groups in total. The molecule has 0 fully saturated rings. The third kappa shape index (κ3) is 2.12. The van der Waals surface area contributed by atoms with Gasteiger partial charge in [-0.1, -0.05) is 30.1 Å². The van der Waals surface area contributed by atoms with Crippen molar-refractivity contribution in [3.05, 3.63) is 11.4 Å². The minimum absolute atomic E-state index is 0.333. The van der Waals surface area contributed by atoms with Gasteiger partial charge in [0.25, 0.3) is 0 Å². The lowest BCUT2D eigenvalue weighted by atomic mass is 10.3. The van der Waals surface area contributed by atoms with E-state index in [2.05, 4.69) is 4.99 Å². The van der Waals surface area contributed by atoms with Crippen molar-refractivity contribution in [1.29, 1.82) is 0 Å². The molecule has 0 amide bonds. The zero-order valence-corrected chi connectivity index (χ0v) is 8.13. The van der Waals surface area contributed by atoms with Gasteiger partial charge in [0.2, 0.25) is 0 Å². The first-order chi connectivity index (χ1) is 5.65. The van der Waals surface area contributed by atoms with Crippen LogP contribution in [0.3, 0.4) is 0 Å². The highest BCUT2D eigenvalue weighted by molar-refractivity contribution is 6.32. The van der Waals surface area contributed by atoms with Gasteiger partial charge in [0, 0.05) is 12.4 Å². The van der Waals surface area contributed by atoms with Crippen molar-refractivity contribution in [2.24, 2.45) is 4.99 Å². The van der Waals surface area contributed by atoms with Gasteiger partial charge in [-0.25, -0.2) is 4.99 Å². The molecular weight excluding hydrogens is 199 g/mol. The quantitative estimate of drug-likeness (QED) is 0.555. The fourth-order valence-corrected chi connectivity index (χ4v) is 1.31. The number of nitrogens with zero attached hydrogens (tertiary/aromatic N) is 2. The Kier molecular flexibility index (Phi) is 3.38. The Bertz CT molecular complexity index is 217. The van der Waals surface area contributed by atoms with Crippen molar-refractivity contribution in [3.63, 3.8) is 0 Å². The summed E-state index contributed by atoms with van der Waals surface area (Å²) < 4.78 is 0. The molecule has 0 aromatic rings. The number of rotatable bonds is 2. The number of halogens is 2. The molecule has 0 aromatic heterocycles. The lowest BCUT2D eigenvalue weighted by Crippen LogP contribution is -2.38. The summed E-state index contributed by atoms with van der Waals surface area (Å²) >= 11 is 11.5. The standard InChI is InChI=1S/C7H10Cl2N2O/c1-2-7(12)11-4-5(8)10-3-6(11)9/h3-4,6-7,12H,2H2,1H3. The highest BCUT2D eigenvalue weighted by Crippen LogP contribution is 2.18. The molecule has 2 unspecified atom stereocenters. The lowest BCUT2D eigenvalue weighted by Gasteiger charge is -2.29. The number of alkyl halides is 1. The van der Waals surface area contributed by atoms with Gasteiger partial charge in [-0.15, -0.1) is 0 Å². The van der Waals surface area contributed by atoms with Crippen molar-refractivity contribution >= 4 is 29.4 Å². The summed E-state index contributed by atoms with van der Waals surface area (Å²) in [6, 6.07) is 0. The van der Waals surface area contributed by atoms with E-state index in [9.17, 15) is 5.11 Å². The van der Waals surface area contributed by atoms with Gasteiger partial charge in [0.05, 0.1) is 0 Å². The Hall–Kier alpha value is -0.250. The predicted octanol–water partition coefficient (Wildman–Crippen LogP) is 1.70. The van der Waals surface area contributed by atoms with Gasteiger partial charge in [-0.2, -0.15) is 0 Å². The molecule has 0 bridgehead atoms. The van der Waals surface area contributed by atoms with Crippen molar-refractivity contribution in [3.8, 4) is 0 Å². The number of aliphatic hydroxyl groups is 1. The zero-order chi connectivity index (χ0) is 9.14.